The first-order valence-electron chi connectivity index (χ1n) is 10.8. The van der Waals surface area contributed by atoms with Crippen molar-refractivity contribution in [2.24, 2.45) is 0 Å². The third kappa shape index (κ3) is 7.02. The normalized spacial score (nSPS) is 15.7. The molecule has 6 nitrogen and oxygen atoms in total. The Morgan fingerprint density at radius 3 is 2.72 bits per heavy atom. The second kappa shape index (κ2) is 10.9. The predicted octanol–water partition coefficient (Wildman–Crippen LogP) is 4.34. The largest absolute Gasteiger partial charge is 0.496 e. The first kappa shape index (κ1) is 24.2. The van der Waals surface area contributed by atoms with E-state index in [9.17, 15) is 8.42 Å². The Labute approximate surface area is 191 Å². The van der Waals surface area contributed by atoms with Crippen LogP contribution in [0.4, 0.5) is 0 Å². The monoisotopic (exact) mass is 456 g/mol. The van der Waals surface area contributed by atoms with Gasteiger partial charge < -0.3 is 9.64 Å². The molecule has 7 heteroatoms. The van der Waals surface area contributed by atoms with Gasteiger partial charge in [0.1, 0.15) is 5.75 Å². The van der Waals surface area contributed by atoms with Crippen LogP contribution >= 0.6 is 0 Å². The van der Waals surface area contributed by atoms with Crippen molar-refractivity contribution in [2.45, 2.75) is 31.6 Å². The van der Waals surface area contributed by atoms with E-state index in [1.807, 2.05) is 12.3 Å². The van der Waals surface area contributed by atoms with Crippen LogP contribution < -0.4 is 4.74 Å². The van der Waals surface area contributed by atoms with Crippen LogP contribution in [0.3, 0.4) is 0 Å². The minimum Gasteiger partial charge on any atom is -0.496 e. The van der Waals surface area contributed by atoms with E-state index in [-0.39, 0.29) is 0 Å². The topological polar surface area (TPSA) is 79.7 Å². The van der Waals surface area contributed by atoms with Gasteiger partial charge in [0.25, 0.3) is 10.1 Å². The Hall–Kier alpha value is -2.48. The fourth-order valence-corrected chi connectivity index (χ4v) is 4.36. The predicted molar refractivity (Wildman–Crippen MR) is 129 cm³/mol. The molecule has 0 saturated carbocycles. The number of hydrogen-bond acceptors (Lipinski definition) is 5. The number of rotatable bonds is 6. The van der Waals surface area contributed by atoms with Gasteiger partial charge in [-0.1, -0.05) is 24.3 Å². The van der Waals surface area contributed by atoms with E-state index in [0.29, 0.717) is 12.2 Å². The van der Waals surface area contributed by atoms with Gasteiger partial charge in [-0.15, -0.1) is 0 Å². The lowest BCUT2D eigenvalue weighted by Gasteiger charge is -2.30. The summed E-state index contributed by atoms with van der Waals surface area (Å²) in [5.41, 5.74) is 5.37. The van der Waals surface area contributed by atoms with Crippen LogP contribution in [-0.2, 0) is 23.0 Å². The third-order valence-corrected chi connectivity index (χ3v) is 5.79. The molecular weight excluding hydrogens is 424 g/mol. The molecule has 0 spiro atoms. The zero-order chi connectivity index (χ0) is 23.1. The molecule has 1 N–H and O–H groups in total. The number of methoxy groups -OCH3 is 1. The zero-order valence-corrected chi connectivity index (χ0v) is 19.8. The van der Waals surface area contributed by atoms with Gasteiger partial charge in [-0.2, -0.15) is 8.42 Å². The highest BCUT2D eigenvalue weighted by atomic mass is 32.2. The van der Waals surface area contributed by atoms with Gasteiger partial charge in [0.15, 0.2) is 0 Å². The summed E-state index contributed by atoms with van der Waals surface area (Å²) in [6.45, 7) is 2.18. The highest BCUT2D eigenvalue weighted by Crippen LogP contribution is 2.36. The molecule has 0 aliphatic heterocycles. The van der Waals surface area contributed by atoms with Crippen molar-refractivity contribution in [3.05, 3.63) is 71.4 Å². The molecule has 2 aromatic carbocycles. The highest BCUT2D eigenvalue weighted by molar-refractivity contribution is 7.85. The maximum atomic E-state index is 9.19. The van der Waals surface area contributed by atoms with Crippen molar-refractivity contribution >= 4 is 21.0 Å². The molecule has 0 fully saturated rings. The minimum absolute atomic E-state index is 0.606. The summed E-state index contributed by atoms with van der Waals surface area (Å²) in [6, 6.07) is 17.3. The Balaban J connectivity index is 0.000000523. The van der Waals surface area contributed by atoms with Crippen LogP contribution in [0, 0.1) is 0 Å². The summed E-state index contributed by atoms with van der Waals surface area (Å²) in [5, 5.41) is 1.23. The van der Waals surface area contributed by atoms with Gasteiger partial charge >= 0.3 is 0 Å². The Morgan fingerprint density at radius 2 is 1.97 bits per heavy atom. The molecule has 4 rings (SSSR count). The summed E-state index contributed by atoms with van der Waals surface area (Å²) >= 11 is 0. The zero-order valence-electron chi connectivity index (χ0n) is 19.0. The molecule has 0 saturated heterocycles. The molecule has 0 amide bonds. The maximum absolute atomic E-state index is 9.19. The van der Waals surface area contributed by atoms with Gasteiger partial charge in [-0.25, -0.2) is 0 Å². The number of ether oxygens (including phenoxy) is 1. The standard InChI is InChI=1S/C24H28N2O.CH4O3S/c1-26(15-13-18-11-12-23-19(16-18)7-5-14-25-23)17-20-6-3-9-22-21(20)8-4-10-24(22)27-2;1-5(2,3)4/h4-5,7-8,10-12,14,16,20H,3,6,9,13,15,17H2,1-2H3;1H3,(H,2,3,4). The summed E-state index contributed by atoms with van der Waals surface area (Å²) in [6.07, 6.45) is 7.30. The number of nitrogens with zero attached hydrogens (tertiary/aromatic N) is 2. The average Bonchev–Trinajstić information content (AvgIpc) is 2.76. The maximum Gasteiger partial charge on any atom is 0.261 e. The molecule has 3 aromatic rings. The fraction of sp³-hybridized carbons (Fsp3) is 0.400. The summed E-state index contributed by atoms with van der Waals surface area (Å²) < 4.78 is 31.5. The first-order chi connectivity index (χ1) is 15.2. The minimum atomic E-state index is -3.67. The molecule has 1 atom stereocenters. The molecule has 1 heterocycles. The number of benzene rings is 2. The van der Waals surface area contributed by atoms with Gasteiger partial charge in [0, 0.05) is 24.7 Å². The number of likely N-dealkylation sites (N-methyl/N-ethyl adjacent to an activating group) is 1. The second-order valence-corrected chi connectivity index (χ2v) is 9.86. The lowest BCUT2D eigenvalue weighted by molar-refractivity contribution is 0.299. The lowest BCUT2D eigenvalue weighted by Crippen LogP contribution is -2.28. The third-order valence-electron chi connectivity index (χ3n) is 5.79. The molecular formula is C25H32N2O4S. The van der Waals surface area contributed by atoms with Crippen LogP contribution in [0.1, 0.15) is 35.4 Å². The molecule has 0 radical (unpaired) electrons. The van der Waals surface area contributed by atoms with Crippen molar-refractivity contribution in [3.8, 4) is 5.75 Å². The SMILES string of the molecule is COc1cccc2c1CCCC2CN(C)CCc1ccc2ncccc2c1.CS(=O)(=O)O. The number of fused-ring (bicyclic) bond motifs is 2. The van der Waals surface area contributed by atoms with E-state index in [1.165, 1.54) is 34.9 Å². The molecule has 1 aromatic heterocycles. The van der Waals surface area contributed by atoms with Gasteiger partial charge in [-0.3, -0.25) is 9.54 Å². The Morgan fingerprint density at radius 1 is 1.19 bits per heavy atom. The van der Waals surface area contributed by atoms with E-state index >= 15 is 0 Å². The highest BCUT2D eigenvalue weighted by Gasteiger charge is 2.23. The van der Waals surface area contributed by atoms with Gasteiger partial charge in [0.2, 0.25) is 0 Å². The Kier molecular flexibility index (Phi) is 8.23. The van der Waals surface area contributed by atoms with Crippen molar-refractivity contribution < 1.29 is 17.7 Å². The average molecular weight is 457 g/mol. The van der Waals surface area contributed by atoms with E-state index in [4.69, 9.17) is 9.29 Å². The van der Waals surface area contributed by atoms with Crippen LogP contribution in [0.2, 0.25) is 0 Å². The summed E-state index contributed by atoms with van der Waals surface area (Å²) in [4.78, 5) is 6.89. The van der Waals surface area contributed by atoms with Crippen LogP contribution in [0.5, 0.6) is 5.75 Å². The molecule has 1 aliphatic rings. The molecule has 172 valence electrons. The van der Waals surface area contributed by atoms with Crippen molar-refractivity contribution in [3.63, 3.8) is 0 Å². The van der Waals surface area contributed by atoms with Crippen molar-refractivity contribution in [2.75, 3.05) is 33.5 Å². The number of hydrogen-bond donors (Lipinski definition) is 1. The van der Waals surface area contributed by atoms with Crippen LogP contribution in [0.15, 0.2) is 54.7 Å². The quantitative estimate of drug-likeness (QED) is 0.556. The lowest BCUT2D eigenvalue weighted by atomic mass is 9.82. The number of aromatic nitrogens is 1. The van der Waals surface area contributed by atoms with Crippen LogP contribution in [-0.4, -0.2) is 56.4 Å². The van der Waals surface area contributed by atoms with Crippen LogP contribution in [0.25, 0.3) is 10.9 Å². The van der Waals surface area contributed by atoms with Crippen molar-refractivity contribution in [1.29, 1.82) is 0 Å². The number of pyridine rings is 1. The molecule has 1 unspecified atom stereocenters. The smallest absolute Gasteiger partial charge is 0.261 e. The van der Waals surface area contributed by atoms with E-state index in [1.54, 1.807) is 7.11 Å². The van der Waals surface area contributed by atoms with Gasteiger partial charge in [0.05, 0.1) is 18.9 Å². The molecule has 1 aliphatic carbocycles. The molecule has 0 bridgehead atoms. The Bertz CT molecular complexity index is 1140. The summed E-state index contributed by atoms with van der Waals surface area (Å²) in [7, 11) is 0.363. The van der Waals surface area contributed by atoms with Crippen molar-refractivity contribution in [1.82, 2.24) is 9.88 Å². The van der Waals surface area contributed by atoms with E-state index in [2.05, 4.69) is 59.4 Å². The fourth-order valence-electron chi connectivity index (χ4n) is 4.36. The van der Waals surface area contributed by atoms with Gasteiger partial charge in [-0.05, 0) is 79.6 Å². The van der Waals surface area contributed by atoms with E-state index < -0.39 is 10.1 Å². The first-order valence-corrected chi connectivity index (χ1v) is 12.7. The van der Waals surface area contributed by atoms with E-state index in [0.717, 1.165) is 37.2 Å². The summed E-state index contributed by atoms with van der Waals surface area (Å²) in [5.74, 6) is 1.67. The molecule has 32 heavy (non-hydrogen) atoms. The second-order valence-electron chi connectivity index (χ2n) is 8.39.